The summed E-state index contributed by atoms with van der Waals surface area (Å²) in [7, 11) is 0. The maximum absolute atomic E-state index is 12.8. The number of rotatable bonds is 2. The van der Waals surface area contributed by atoms with Gasteiger partial charge in [-0.1, -0.05) is 0 Å². The van der Waals surface area contributed by atoms with Crippen molar-refractivity contribution in [2.45, 2.75) is 31.6 Å². The largest absolute Gasteiger partial charge is 0.324 e. The van der Waals surface area contributed by atoms with E-state index in [4.69, 9.17) is 5.73 Å². The summed E-state index contributed by atoms with van der Waals surface area (Å²) in [6.45, 7) is -0.0612. The van der Waals surface area contributed by atoms with E-state index in [0.29, 0.717) is 6.42 Å². The van der Waals surface area contributed by atoms with Gasteiger partial charge in [0.2, 0.25) is 0 Å². The predicted molar refractivity (Wildman–Crippen MR) is 41.2 cm³/mol. The van der Waals surface area contributed by atoms with Crippen LogP contribution in [0.25, 0.3) is 0 Å². The molecule has 2 nitrogen and oxygen atoms in total. The third-order valence-electron chi connectivity index (χ3n) is 2.35. The first-order valence-electron chi connectivity index (χ1n) is 4.16. The molecular formula is C8H13F2NO. The van der Waals surface area contributed by atoms with Crippen molar-refractivity contribution in [3.8, 4) is 0 Å². The maximum atomic E-state index is 12.8. The molecule has 1 rings (SSSR count). The van der Waals surface area contributed by atoms with Crippen molar-refractivity contribution < 1.29 is 13.6 Å². The van der Waals surface area contributed by atoms with Crippen molar-refractivity contribution in [3.63, 3.8) is 0 Å². The molecule has 0 bridgehead atoms. The molecule has 1 aliphatic rings. The standard InChI is InChI=1S/C8H13F2NO/c9-6-2-1-5(3-7(6)10)8(12)4-11/h5-7H,1-4,11H2. The van der Waals surface area contributed by atoms with E-state index in [1.54, 1.807) is 0 Å². The molecule has 0 saturated heterocycles. The van der Waals surface area contributed by atoms with Gasteiger partial charge in [-0.2, -0.15) is 0 Å². The first-order valence-corrected chi connectivity index (χ1v) is 4.16. The summed E-state index contributed by atoms with van der Waals surface area (Å²) in [5.74, 6) is -0.499. The SMILES string of the molecule is NCC(=O)C1CCC(F)C(F)C1. The smallest absolute Gasteiger partial charge is 0.149 e. The molecule has 2 N–H and O–H groups in total. The highest BCUT2D eigenvalue weighted by Crippen LogP contribution is 2.29. The zero-order valence-corrected chi connectivity index (χ0v) is 6.80. The van der Waals surface area contributed by atoms with E-state index in [2.05, 4.69) is 0 Å². The molecule has 3 atom stereocenters. The highest BCUT2D eigenvalue weighted by molar-refractivity contribution is 5.82. The van der Waals surface area contributed by atoms with Crippen LogP contribution in [0.2, 0.25) is 0 Å². The molecule has 3 unspecified atom stereocenters. The fourth-order valence-corrected chi connectivity index (χ4v) is 1.54. The van der Waals surface area contributed by atoms with Crippen LogP contribution in [-0.4, -0.2) is 24.7 Å². The third-order valence-corrected chi connectivity index (χ3v) is 2.35. The van der Waals surface area contributed by atoms with Gasteiger partial charge in [-0.3, -0.25) is 4.79 Å². The van der Waals surface area contributed by atoms with Crippen LogP contribution < -0.4 is 5.73 Å². The molecule has 12 heavy (non-hydrogen) atoms. The van der Waals surface area contributed by atoms with E-state index in [1.807, 2.05) is 0 Å². The zero-order valence-electron chi connectivity index (χ0n) is 6.80. The van der Waals surface area contributed by atoms with Gasteiger partial charge in [0.25, 0.3) is 0 Å². The van der Waals surface area contributed by atoms with E-state index in [-0.39, 0.29) is 31.1 Å². The number of alkyl halides is 2. The predicted octanol–water partition coefficient (Wildman–Crippen LogP) is 0.990. The Bertz CT molecular complexity index is 174. The molecule has 70 valence electrons. The average molecular weight is 177 g/mol. The number of carbonyl (C=O) groups excluding carboxylic acids is 1. The van der Waals surface area contributed by atoms with E-state index < -0.39 is 12.3 Å². The maximum Gasteiger partial charge on any atom is 0.149 e. The van der Waals surface area contributed by atoms with E-state index in [1.165, 1.54) is 0 Å². The van der Waals surface area contributed by atoms with Crippen LogP contribution in [-0.2, 0) is 4.79 Å². The number of hydrogen-bond donors (Lipinski definition) is 1. The van der Waals surface area contributed by atoms with Crippen LogP contribution in [0, 0.1) is 5.92 Å². The summed E-state index contributed by atoms with van der Waals surface area (Å²) in [6.07, 6.45) is -2.25. The summed E-state index contributed by atoms with van der Waals surface area (Å²) in [5, 5.41) is 0. The molecule has 0 aromatic heterocycles. The van der Waals surface area contributed by atoms with Gasteiger partial charge in [0, 0.05) is 5.92 Å². The van der Waals surface area contributed by atoms with Crippen LogP contribution in [0.1, 0.15) is 19.3 Å². The van der Waals surface area contributed by atoms with Crippen molar-refractivity contribution in [2.24, 2.45) is 11.7 Å². The lowest BCUT2D eigenvalue weighted by Gasteiger charge is -2.25. The van der Waals surface area contributed by atoms with Gasteiger partial charge in [-0.05, 0) is 19.3 Å². The number of carbonyl (C=O) groups is 1. The molecule has 0 aromatic carbocycles. The molecule has 4 heteroatoms. The quantitative estimate of drug-likeness (QED) is 0.683. The van der Waals surface area contributed by atoms with Crippen LogP contribution in [0.4, 0.5) is 8.78 Å². The third kappa shape index (κ3) is 2.00. The summed E-state index contributed by atoms with van der Waals surface area (Å²) < 4.78 is 25.4. The van der Waals surface area contributed by atoms with Crippen molar-refractivity contribution in [1.29, 1.82) is 0 Å². The highest BCUT2D eigenvalue weighted by Gasteiger charge is 2.33. The first-order chi connectivity index (χ1) is 5.65. The lowest BCUT2D eigenvalue weighted by molar-refractivity contribution is -0.123. The minimum atomic E-state index is -1.47. The molecule has 0 amide bonds. The van der Waals surface area contributed by atoms with Crippen molar-refractivity contribution in [2.75, 3.05) is 6.54 Å². The summed E-state index contributed by atoms with van der Waals surface area (Å²) in [6, 6.07) is 0. The Labute approximate surface area is 70.1 Å². The second kappa shape index (κ2) is 3.94. The van der Waals surface area contributed by atoms with Crippen molar-refractivity contribution >= 4 is 5.78 Å². The Kier molecular flexibility index (Phi) is 3.14. The van der Waals surface area contributed by atoms with Crippen LogP contribution in [0.5, 0.6) is 0 Å². The average Bonchev–Trinajstić information content (AvgIpc) is 2.08. The fourth-order valence-electron chi connectivity index (χ4n) is 1.54. The minimum absolute atomic E-state index is 0.0111. The Morgan fingerprint density at radius 3 is 2.50 bits per heavy atom. The monoisotopic (exact) mass is 177 g/mol. The van der Waals surface area contributed by atoms with Crippen LogP contribution in [0.3, 0.4) is 0 Å². The second-order valence-corrected chi connectivity index (χ2v) is 3.21. The first kappa shape index (κ1) is 9.58. The van der Waals surface area contributed by atoms with Gasteiger partial charge in [0.05, 0.1) is 6.54 Å². The molecule has 1 aliphatic carbocycles. The van der Waals surface area contributed by atoms with E-state index in [0.717, 1.165) is 0 Å². The van der Waals surface area contributed by atoms with Crippen LogP contribution in [0.15, 0.2) is 0 Å². The molecule has 0 aromatic rings. The summed E-state index contributed by atoms with van der Waals surface area (Å²) in [5.41, 5.74) is 5.12. The number of halogens is 2. The Hall–Kier alpha value is -0.510. The van der Waals surface area contributed by atoms with Crippen molar-refractivity contribution in [3.05, 3.63) is 0 Å². The van der Waals surface area contributed by atoms with E-state index >= 15 is 0 Å². The van der Waals surface area contributed by atoms with Gasteiger partial charge in [0.1, 0.15) is 18.1 Å². The van der Waals surface area contributed by atoms with Gasteiger partial charge in [0.15, 0.2) is 0 Å². The molecule has 0 aliphatic heterocycles. The molecular weight excluding hydrogens is 164 g/mol. The topological polar surface area (TPSA) is 43.1 Å². The van der Waals surface area contributed by atoms with Gasteiger partial charge in [-0.25, -0.2) is 8.78 Å². The lowest BCUT2D eigenvalue weighted by atomic mass is 9.84. The molecule has 0 radical (unpaired) electrons. The minimum Gasteiger partial charge on any atom is -0.324 e. The fraction of sp³-hybridized carbons (Fsp3) is 0.875. The Morgan fingerprint density at radius 2 is 2.00 bits per heavy atom. The highest BCUT2D eigenvalue weighted by atomic mass is 19.2. The molecule has 1 fully saturated rings. The summed E-state index contributed by atoms with van der Waals surface area (Å²) >= 11 is 0. The van der Waals surface area contributed by atoms with Gasteiger partial charge >= 0.3 is 0 Å². The zero-order chi connectivity index (χ0) is 9.14. The van der Waals surface area contributed by atoms with Crippen LogP contribution >= 0.6 is 0 Å². The number of nitrogens with two attached hydrogens (primary N) is 1. The molecule has 0 spiro atoms. The summed E-state index contributed by atoms with van der Waals surface area (Å²) in [4.78, 5) is 11.0. The van der Waals surface area contributed by atoms with E-state index in [9.17, 15) is 13.6 Å². The van der Waals surface area contributed by atoms with Gasteiger partial charge in [-0.15, -0.1) is 0 Å². The Balaban J connectivity index is 2.45. The van der Waals surface area contributed by atoms with Crippen molar-refractivity contribution in [1.82, 2.24) is 0 Å². The second-order valence-electron chi connectivity index (χ2n) is 3.21. The lowest BCUT2D eigenvalue weighted by Crippen LogP contribution is -2.34. The number of ketones is 1. The number of Topliss-reactive ketones (excluding diaryl/α,β-unsaturated/α-hetero) is 1. The normalized spacial score (nSPS) is 36.4. The number of hydrogen-bond acceptors (Lipinski definition) is 2. The van der Waals surface area contributed by atoms with Gasteiger partial charge < -0.3 is 5.73 Å². The Morgan fingerprint density at radius 1 is 1.33 bits per heavy atom. The molecule has 1 saturated carbocycles. The molecule has 0 heterocycles.